The van der Waals surface area contributed by atoms with Gasteiger partial charge in [-0.2, -0.15) is 0 Å². The first-order valence-corrected chi connectivity index (χ1v) is 20.0. The number of esters is 1. The molecule has 1 fully saturated rings. The predicted octanol–water partition coefficient (Wildman–Crippen LogP) is 8.62. The molecule has 282 valence electrons. The zero-order chi connectivity index (χ0) is 38.1. The van der Waals surface area contributed by atoms with Crippen molar-refractivity contribution in [2.24, 2.45) is 5.92 Å². The van der Waals surface area contributed by atoms with Crippen molar-refractivity contribution in [3.63, 3.8) is 0 Å². The van der Waals surface area contributed by atoms with Crippen molar-refractivity contribution < 1.29 is 28.9 Å². The molecule has 1 aliphatic heterocycles. The highest BCUT2D eigenvalue weighted by Crippen LogP contribution is 2.44. The number of urea groups is 1. The number of aliphatic hydroxyl groups is 1. The number of thioether (sulfide) groups is 1. The first-order valence-electron chi connectivity index (χ1n) is 18.2. The number of thiazole rings is 1. The van der Waals surface area contributed by atoms with Crippen LogP contribution in [0.15, 0.2) is 132 Å². The minimum atomic E-state index is -0.813. The third-order valence-electron chi connectivity index (χ3n) is 9.74. The third kappa shape index (κ3) is 9.62. The number of aromatic nitrogens is 1. The molecular weight excluding hydrogens is 731 g/mol. The maximum atomic E-state index is 12.8. The summed E-state index contributed by atoms with van der Waals surface area (Å²) in [7, 11) is 1.31. The molecule has 2 heterocycles. The second kappa shape index (κ2) is 18.1. The van der Waals surface area contributed by atoms with Crippen molar-refractivity contribution in [1.29, 1.82) is 0 Å². The summed E-state index contributed by atoms with van der Waals surface area (Å²) in [6, 6.07) is 40.5. The molecule has 3 N–H and O–H groups in total. The Hall–Kier alpha value is -5.04. The molecule has 0 spiro atoms. The molecule has 0 radical (unpaired) electrons. The number of ether oxygens (including phenoxy) is 3. The van der Waals surface area contributed by atoms with Crippen molar-refractivity contribution in [3.05, 3.63) is 155 Å². The van der Waals surface area contributed by atoms with E-state index < -0.39 is 24.3 Å². The largest absolute Gasteiger partial charge is 0.467 e. The summed E-state index contributed by atoms with van der Waals surface area (Å²) in [5, 5.41) is 15.3. The summed E-state index contributed by atoms with van der Waals surface area (Å²) < 4.78 is 20.5. The Morgan fingerprint density at radius 2 is 1.56 bits per heavy atom. The van der Waals surface area contributed by atoms with E-state index in [9.17, 15) is 14.7 Å². The maximum absolute atomic E-state index is 12.8. The van der Waals surface area contributed by atoms with E-state index in [2.05, 4.69) is 35.8 Å². The van der Waals surface area contributed by atoms with Crippen LogP contribution < -0.4 is 10.6 Å². The second-order valence-electron chi connectivity index (χ2n) is 13.5. The van der Waals surface area contributed by atoms with Crippen molar-refractivity contribution in [2.45, 2.75) is 55.4 Å². The van der Waals surface area contributed by atoms with Crippen molar-refractivity contribution >= 4 is 45.3 Å². The Balaban J connectivity index is 1.02. The number of benzene rings is 5. The first-order chi connectivity index (χ1) is 26.9. The number of hydrogen-bond acceptors (Lipinski definition) is 9. The van der Waals surface area contributed by atoms with Crippen LogP contribution in [0.4, 0.5) is 4.79 Å². The molecule has 5 atom stereocenters. The van der Waals surface area contributed by atoms with Gasteiger partial charge >= 0.3 is 12.0 Å². The lowest BCUT2D eigenvalue weighted by Gasteiger charge is -2.41. The number of rotatable bonds is 13. The summed E-state index contributed by atoms with van der Waals surface area (Å²) >= 11 is 3.41. The van der Waals surface area contributed by atoms with Gasteiger partial charge in [0.15, 0.2) is 10.6 Å². The molecule has 1 aromatic heterocycles. The van der Waals surface area contributed by atoms with Gasteiger partial charge in [0.25, 0.3) is 0 Å². The van der Waals surface area contributed by atoms with E-state index >= 15 is 0 Å². The minimum Gasteiger partial charge on any atom is -0.467 e. The van der Waals surface area contributed by atoms with Crippen molar-refractivity contribution in [1.82, 2.24) is 15.6 Å². The molecular formula is C44H43N3O6S2. The molecule has 2 amide bonds. The Morgan fingerprint density at radius 1 is 0.836 bits per heavy atom. The Kier molecular flexibility index (Phi) is 12.6. The van der Waals surface area contributed by atoms with Gasteiger partial charge in [0.1, 0.15) is 6.04 Å². The summed E-state index contributed by atoms with van der Waals surface area (Å²) in [6.45, 7) is 2.43. The quantitative estimate of drug-likeness (QED) is 0.0789. The number of hydrogen-bond donors (Lipinski definition) is 3. The molecule has 9 nitrogen and oxygen atoms in total. The van der Waals surface area contributed by atoms with Crippen LogP contribution in [-0.2, 0) is 38.6 Å². The number of carbonyl (C=O) groups is 2. The molecule has 55 heavy (non-hydrogen) atoms. The molecule has 6 aromatic rings. The summed E-state index contributed by atoms with van der Waals surface area (Å²) in [5.74, 6) is 0.277. The van der Waals surface area contributed by atoms with Gasteiger partial charge in [-0.05, 0) is 51.6 Å². The normalized spacial score (nSPS) is 18.7. The average Bonchev–Trinajstić information content (AvgIpc) is 3.66. The van der Waals surface area contributed by atoms with Crippen LogP contribution in [0.3, 0.4) is 0 Å². The van der Waals surface area contributed by atoms with Gasteiger partial charge in [0.2, 0.25) is 0 Å². The topological polar surface area (TPSA) is 119 Å². The highest BCUT2D eigenvalue weighted by atomic mass is 32.2. The fraction of sp³-hybridized carbons (Fsp3) is 0.250. The van der Waals surface area contributed by atoms with Crippen molar-refractivity contribution in [2.75, 3.05) is 12.9 Å². The molecule has 1 saturated heterocycles. The molecule has 11 heteroatoms. The van der Waals surface area contributed by atoms with E-state index in [0.29, 0.717) is 6.42 Å². The average molecular weight is 774 g/mol. The molecule has 7 rings (SSSR count). The zero-order valence-corrected chi connectivity index (χ0v) is 32.2. The number of methoxy groups -OCH3 is 1. The van der Waals surface area contributed by atoms with Gasteiger partial charge in [-0.15, -0.1) is 11.3 Å². The molecule has 0 saturated carbocycles. The summed E-state index contributed by atoms with van der Waals surface area (Å²) in [5.41, 5.74) is 7.64. The van der Waals surface area contributed by atoms with Crippen LogP contribution in [0, 0.1) is 5.92 Å². The maximum Gasteiger partial charge on any atom is 0.328 e. The highest BCUT2D eigenvalue weighted by Gasteiger charge is 2.38. The monoisotopic (exact) mass is 773 g/mol. The summed E-state index contributed by atoms with van der Waals surface area (Å²) in [4.78, 5) is 30.1. The fourth-order valence-electron chi connectivity index (χ4n) is 6.65. The van der Waals surface area contributed by atoms with Gasteiger partial charge < -0.3 is 30.0 Å². The Labute approximate surface area is 329 Å². The number of aliphatic hydroxyl groups excluding tert-OH is 1. The molecule has 5 unspecified atom stereocenters. The highest BCUT2D eigenvalue weighted by molar-refractivity contribution is 8.01. The number of carbonyl (C=O) groups excluding carboxylic acids is 2. The van der Waals surface area contributed by atoms with Crippen LogP contribution in [0.25, 0.3) is 21.3 Å². The zero-order valence-electron chi connectivity index (χ0n) is 30.6. The lowest BCUT2D eigenvalue weighted by Crippen LogP contribution is -2.47. The smallest absolute Gasteiger partial charge is 0.328 e. The number of nitrogens with zero attached hydrogens (tertiary/aromatic N) is 1. The van der Waals surface area contributed by atoms with Gasteiger partial charge in [-0.25, -0.2) is 14.6 Å². The summed E-state index contributed by atoms with van der Waals surface area (Å²) in [6.07, 6.45) is -0.585. The molecule has 1 aliphatic rings. The van der Waals surface area contributed by atoms with Crippen LogP contribution in [-0.4, -0.2) is 47.1 Å². The second-order valence-corrected chi connectivity index (χ2v) is 15.8. The van der Waals surface area contributed by atoms with E-state index in [0.717, 1.165) is 54.6 Å². The van der Waals surface area contributed by atoms with E-state index in [-0.39, 0.29) is 31.3 Å². The lowest BCUT2D eigenvalue weighted by molar-refractivity contribution is -0.268. The van der Waals surface area contributed by atoms with E-state index in [4.69, 9.17) is 19.2 Å². The van der Waals surface area contributed by atoms with E-state index in [1.165, 1.54) is 11.8 Å². The minimum absolute atomic E-state index is 0.0116. The number of fused-ring (bicyclic) bond motifs is 1. The first kappa shape index (κ1) is 38.2. The standard InChI is InChI=1S/C44H43N3O6S2/c1-28-38(27-54-44-47-36-13-6-7-14-39(36)55-44)52-42(53-40(28)33-17-15-30(26-48)16-18-33)34-21-19-32(20-22-34)35-12-8-11-31(23-35)25-45-43(50)46-37(41(49)51-2)24-29-9-4-3-5-10-29/h3-23,28,37-38,40,42,48H,24-27H2,1-2H3,(H2,45,46,50). The number of para-hydroxylation sites is 1. The SMILES string of the molecule is COC(=O)C(Cc1ccccc1)NC(=O)NCc1cccc(-c2ccc(C3OC(CSc4nc5ccccc5s4)C(C)C(c4ccc(CO)cc4)O3)cc2)c1. The van der Waals surface area contributed by atoms with Gasteiger partial charge in [0.05, 0.1) is 36.1 Å². The molecule has 5 aromatic carbocycles. The van der Waals surface area contributed by atoms with Gasteiger partial charge in [-0.3, -0.25) is 0 Å². The fourth-order valence-corrected chi connectivity index (χ4v) is 8.90. The van der Waals surface area contributed by atoms with Crippen LogP contribution in [0.2, 0.25) is 0 Å². The van der Waals surface area contributed by atoms with E-state index in [1.54, 1.807) is 23.1 Å². The number of nitrogens with one attached hydrogen (secondary N) is 2. The Bertz CT molecular complexity index is 2160. The third-order valence-corrected chi connectivity index (χ3v) is 12.0. The number of amides is 2. The predicted molar refractivity (Wildman–Crippen MR) is 217 cm³/mol. The van der Waals surface area contributed by atoms with Crippen LogP contribution >= 0.6 is 23.1 Å². The lowest BCUT2D eigenvalue weighted by atomic mass is 9.91. The van der Waals surface area contributed by atoms with Gasteiger partial charge in [0, 0.05) is 30.2 Å². The molecule has 0 bridgehead atoms. The Morgan fingerprint density at radius 3 is 2.31 bits per heavy atom. The van der Waals surface area contributed by atoms with Crippen molar-refractivity contribution in [3.8, 4) is 11.1 Å². The van der Waals surface area contributed by atoms with E-state index in [1.807, 2.05) is 109 Å². The van der Waals surface area contributed by atoms with Gasteiger partial charge in [-0.1, -0.05) is 128 Å². The van der Waals surface area contributed by atoms with Crippen LogP contribution in [0.1, 0.15) is 47.1 Å². The van der Waals surface area contributed by atoms with Crippen LogP contribution in [0.5, 0.6) is 0 Å². The molecule has 0 aliphatic carbocycles.